The maximum absolute atomic E-state index is 14.2. The van der Waals surface area contributed by atoms with E-state index in [1.54, 1.807) is 13.1 Å². The van der Waals surface area contributed by atoms with E-state index >= 15 is 0 Å². The molecule has 2 rings (SSSR count). The van der Waals surface area contributed by atoms with E-state index in [2.05, 4.69) is 4.98 Å². The highest BCUT2D eigenvalue weighted by molar-refractivity contribution is 6.61. The Kier molecular flexibility index (Phi) is 3.93. The lowest BCUT2D eigenvalue weighted by molar-refractivity contribution is 0.00578. The lowest BCUT2D eigenvalue weighted by Crippen LogP contribution is -2.41. The summed E-state index contributed by atoms with van der Waals surface area (Å²) in [6.45, 7) is 9.29. The van der Waals surface area contributed by atoms with Crippen molar-refractivity contribution in [1.29, 1.82) is 0 Å². The van der Waals surface area contributed by atoms with Gasteiger partial charge in [-0.2, -0.15) is 0 Å². The zero-order valence-corrected chi connectivity index (χ0v) is 12.6. The summed E-state index contributed by atoms with van der Waals surface area (Å²) in [6.07, 6.45) is 1.39. The van der Waals surface area contributed by atoms with Crippen molar-refractivity contribution in [3.8, 4) is 0 Å². The van der Waals surface area contributed by atoms with Crippen LogP contribution in [0.1, 0.15) is 40.2 Å². The van der Waals surface area contributed by atoms with E-state index in [-0.39, 0.29) is 5.59 Å². The maximum atomic E-state index is 14.2. The summed E-state index contributed by atoms with van der Waals surface area (Å²) < 4.78 is 25.7. The van der Waals surface area contributed by atoms with E-state index in [9.17, 15) is 9.50 Å². The number of rotatable bonds is 3. The van der Waals surface area contributed by atoms with Crippen LogP contribution in [0.2, 0.25) is 0 Å². The summed E-state index contributed by atoms with van der Waals surface area (Å²) in [5, 5.41) is 9.32. The van der Waals surface area contributed by atoms with Gasteiger partial charge in [-0.3, -0.25) is 4.98 Å². The number of aliphatic hydroxyl groups excluding tert-OH is 1. The molecule has 0 radical (unpaired) electrons. The molecule has 4 nitrogen and oxygen atoms in total. The highest BCUT2D eigenvalue weighted by atomic mass is 19.1. The van der Waals surface area contributed by atoms with Gasteiger partial charge in [0.1, 0.15) is 11.4 Å². The second kappa shape index (κ2) is 5.09. The summed E-state index contributed by atoms with van der Waals surface area (Å²) in [6, 6.07) is 1.38. The van der Waals surface area contributed by atoms with Crippen molar-refractivity contribution in [2.24, 2.45) is 0 Å². The second-order valence-electron chi connectivity index (χ2n) is 6.35. The largest absolute Gasteiger partial charge is 0.517 e. The van der Waals surface area contributed by atoms with Gasteiger partial charge in [-0.05, 0) is 52.7 Å². The van der Waals surface area contributed by atoms with Crippen LogP contribution in [0.15, 0.2) is 12.3 Å². The fraction of sp³-hybridized carbons (Fsp3) is 0.643. The Hall–Kier alpha value is -0.975. The Morgan fingerprint density at radius 3 is 2.30 bits per heavy atom. The smallest absolute Gasteiger partial charge is 0.398 e. The molecule has 0 bridgehead atoms. The molecule has 110 valence electrons. The molecule has 0 saturated carbocycles. The van der Waals surface area contributed by atoms with Crippen LogP contribution in [-0.2, 0) is 15.7 Å². The van der Waals surface area contributed by atoms with Crippen molar-refractivity contribution in [3.63, 3.8) is 0 Å². The zero-order chi connectivity index (χ0) is 15.1. The third-order valence-corrected chi connectivity index (χ3v) is 3.93. The molecule has 2 heterocycles. The number of pyridine rings is 1. The van der Waals surface area contributed by atoms with E-state index in [0.29, 0.717) is 12.0 Å². The molecule has 1 atom stereocenters. The number of hydrogen-bond donors (Lipinski definition) is 1. The predicted octanol–water partition coefficient (Wildman–Crippen LogP) is 1.44. The van der Waals surface area contributed by atoms with Gasteiger partial charge in [0, 0.05) is 6.20 Å². The lowest BCUT2D eigenvalue weighted by atomic mass is 9.83. The SMILES string of the molecule is CC(O)Cc1cnc(B2OC(C)(C)C(C)(C)O2)c(F)c1. The minimum atomic E-state index is -0.805. The monoisotopic (exact) mass is 281 g/mol. The third-order valence-electron chi connectivity index (χ3n) is 3.93. The van der Waals surface area contributed by atoms with Gasteiger partial charge in [-0.25, -0.2) is 4.39 Å². The van der Waals surface area contributed by atoms with E-state index < -0.39 is 30.2 Å². The summed E-state index contributed by atoms with van der Waals surface area (Å²) in [4.78, 5) is 4.11. The zero-order valence-electron chi connectivity index (χ0n) is 12.6. The Morgan fingerprint density at radius 2 is 1.85 bits per heavy atom. The van der Waals surface area contributed by atoms with E-state index in [4.69, 9.17) is 9.31 Å². The van der Waals surface area contributed by atoms with E-state index in [1.165, 1.54) is 6.07 Å². The first kappa shape index (κ1) is 15.4. The van der Waals surface area contributed by atoms with Crippen LogP contribution in [0.4, 0.5) is 4.39 Å². The molecule has 0 aliphatic carbocycles. The first-order chi connectivity index (χ1) is 9.12. The fourth-order valence-corrected chi connectivity index (χ4v) is 2.07. The quantitative estimate of drug-likeness (QED) is 0.852. The van der Waals surface area contributed by atoms with Crippen molar-refractivity contribution in [2.75, 3.05) is 0 Å². The summed E-state index contributed by atoms with van der Waals surface area (Å²) >= 11 is 0. The van der Waals surface area contributed by atoms with Crippen LogP contribution in [0, 0.1) is 5.82 Å². The number of halogens is 1. The van der Waals surface area contributed by atoms with Crippen molar-refractivity contribution < 1.29 is 18.8 Å². The average Bonchev–Trinajstić information content (AvgIpc) is 2.46. The van der Waals surface area contributed by atoms with E-state index in [1.807, 2.05) is 27.7 Å². The third kappa shape index (κ3) is 2.87. The Morgan fingerprint density at radius 1 is 1.30 bits per heavy atom. The molecular formula is C14H21BFNO3. The van der Waals surface area contributed by atoms with Gasteiger partial charge >= 0.3 is 7.12 Å². The fourth-order valence-electron chi connectivity index (χ4n) is 2.07. The summed E-state index contributed by atoms with van der Waals surface area (Å²) in [7, 11) is -0.805. The molecule has 1 aromatic heterocycles. The van der Waals surface area contributed by atoms with E-state index in [0.717, 1.165) is 0 Å². The molecule has 1 aliphatic rings. The Balaban J connectivity index is 2.23. The van der Waals surface area contributed by atoms with Crippen molar-refractivity contribution >= 4 is 12.7 Å². The number of aromatic nitrogens is 1. The minimum absolute atomic E-state index is 0.151. The highest BCUT2D eigenvalue weighted by Gasteiger charge is 2.53. The van der Waals surface area contributed by atoms with Gasteiger partial charge in [0.2, 0.25) is 0 Å². The molecule has 0 amide bonds. The molecule has 0 spiro atoms. The van der Waals surface area contributed by atoms with Gasteiger partial charge in [0.15, 0.2) is 0 Å². The number of aliphatic hydroxyl groups is 1. The molecule has 1 unspecified atom stereocenters. The number of hydrogen-bond acceptors (Lipinski definition) is 4. The molecular weight excluding hydrogens is 260 g/mol. The minimum Gasteiger partial charge on any atom is -0.398 e. The first-order valence-corrected chi connectivity index (χ1v) is 6.80. The summed E-state index contributed by atoms with van der Waals surface area (Å²) in [5.74, 6) is -0.471. The standard InChI is InChI=1S/C14H21BFNO3/c1-9(18)6-10-7-11(16)12(17-8-10)15-19-13(2,3)14(4,5)20-15/h7-9,18H,6H2,1-5H3. The van der Waals surface area contributed by atoms with Gasteiger partial charge in [-0.1, -0.05) is 0 Å². The lowest BCUT2D eigenvalue weighted by Gasteiger charge is -2.32. The second-order valence-corrected chi connectivity index (χ2v) is 6.35. The molecule has 1 N–H and O–H groups in total. The topological polar surface area (TPSA) is 51.6 Å². The van der Waals surface area contributed by atoms with Crippen molar-refractivity contribution in [1.82, 2.24) is 4.98 Å². The van der Waals surface area contributed by atoms with Crippen LogP contribution in [0.5, 0.6) is 0 Å². The van der Waals surface area contributed by atoms with Gasteiger partial charge in [0.05, 0.1) is 17.3 Å². The normalized spacial score (nSPS) is 22.1. The Labute approximate surface area is 119 Å². The van der Waals surface area contributed by atoms with Gasteiger partial charge in [0.25, 0.3) is 0 Å². The van der Waals surface area contributed by atoms with Crippen molar-refractivity contribution in [2.45, 2.75) is 58.3 Å². The number of nitrogens with zero attached hydrogens (tertiary/aromatic N) is 1. The molecule has 1 aliphatic heterocycles. The first-order valence-electron chi connectivity index (χ1n) is 6.80. The van der Waals surface area contributed by atoms with Gasteiger partial charge < -0.3 is 14.4 Å². The van der Waals surface area contributed by atoms with Crippen LogP contribution < -0.4 is 5.59 Å². The molecule has 6 heteroatoms. The molecule has 1 aromatic rings. The molecule has 20 heavy (non-hydrogen) atoms. The van der Waals surface area contributed by atoms with Crippen LogP contribution in [-0.4, -0.2) is 34.5 Å². The van der Waals surface area contributed by atoms with Crippen LogP contribution in [0.25, 0.3) is 0 Å². The average molecular weight is 281 g/mol. The highest BCUT2D eigenvalue weighted by Crippen LogP contribution is 2.36. The maximum Gasteiger partial charge on any atom is 0.517 e. The predicted molar refractivity (Wildman–Crippen MR) is 75.3 cm³/mol. The summed E-state index contributed by atoms with van der Waals surface area (Å²) in [5.41, 5.74) is -0.246. The Bertz CT molecular complexity index is 489. The van der Waals surface area contributed by atoms with Gasteiger partial charge in [-0.15, -0.1) is 0 Å². The molecule has 1 saturated heterocycles. The van der Waals surface area contributed by atoms with Crippen LogP contribution >= 0.6 is 0 Å². The van der Waals surface area contributed by atoms with Crippen molar-refractivity contribution in [3.05, 3.63) is 23.6 Å². The molecule has 1 fully saturated rings. The molecule has 0 aromatic carbocycles. The van der Waals surface area contributed by atoms with Crippen LogP contribution in [0.3, 0.4) is 0 Å².